The van der Waals surface area contributed by atoms with Gasteiger partial charge in [-0.2, -0.15) is 5.26 Å². The highest BCUT2D eigenvalue weighted by molar-refractivity contribution is 5.77. The van der Waals surface area contributed by atoms with Crippen LogP contribution in [0.5, 0.6) is 0 Å². The first-order valence-electron chi connectivity index (χ1n) is 6.15. The molecule has 1 saturated heterocycles. The van der Waals surface area contributed by atoms with Gasteiger partial charge in [0.2, 0.25) is 0 Å². The highest BCUT2D eigenvalue weighted by Crippen LogP contribution is 2.33. The van der Waals surface area contributed by atoms with Crippen molar-refractivity contribution in [2.24, 2.45) is 7.05 Å². The molecule has 1 aromatic heterocycles. The molecule has 1 aliphatic heterocycles. The van der Waals surface area contributed by atoms with E-state index >= 15 is 0 Å². The lowest BCUT2D eigenvalue weighted by Gasteiger charge is -2.35. The summed E-state index contributed by atoms with van der Waals surface area (Å²) in [5.41, 5.74) is 2.66. The Morgan fingerprint density at radius 3 is 2.83 bits per heavy atom. The molecule has 2 heterocycles. The van der Waals surface area contributed by atoms with E-state index in [-0.39, 0.29) is 0 Å². The van der Waals surface area contributed by atoms with Crippen LogP contribution >= 0.6 is 0 Å². The summed E-state index contributed by atoms with van der Waals surface area (Å²) < 4.78 is 7.31. The average molecular weight is 241 g/mol. The van der Waals surface area contributed by atoms with Gasteiger partial charge in [0.05, 0.1) is 30.3 Å². The Labute approximate surface area is 106 Å². The third-order valence-corrected chi connectivity index (χ3v) is 3.75. The van der Waals surface area contributed by atoms with Crippen molar-refractivity contribution in [1.82, 2.24) is 9.55 Å². The first-order valence-corrected chi connectivity index (χ1v) is 6.15. The molecule has 0 amide bonds. The molecule has 0 aliphatic carbocycles. The molecule has 1 aromatic carbocycles. The highest BCUT2D eigenvalue weighted by Gasteiger charge is 2.41. The second kappa shape index (κ2) is 3.82. The number of benzene rings is 1. The minimum absolute atomic E-state index is 0.454. The van der Waals surface area contributed by atoms with Crippen LogP contribution in [0, 0.1) is 11.3 Å². The molecule has 0 radical (unpaired) electrons. The van der Waals surface area contributed by atoms with Gasteiger partial charge < -0.3 is 9.30 Å². The molecule has 92 valence electrons. The first-order chi connectivity index (χ1) is 8.70. The Balaban J connectivity index is 2.17. The van der Waals surface area contributed by atoms with Crippen molar-refractivity contribution in [3.8, 4) is 6.07 Å². The van der Waals surface area contributed by atoms with Crippen LogP contribution in [0.1, 0.15) is 18.3 Å². The monoisotopic (exact) mass is 241 g/mol. The molecule has 4 heteroatoms. The lowest BCUT2D eigenvalue weighted by molar-refractivity contribution is -0.0297. The number of hydrogen-bond acceptors (Lipinski definition) is 3. The summed E-state index contributed by atoms with van der Waals surface area (Å²) in [6.07, 6.45) is 0.910. The fourth-order valence-electron chi connectivity index (χ4n) is 2.46. The van der Waals surface area contributed by atoms with Crippen LogP contribution in [0.4, 0.5) is 0 Å². The molecule has 0 spiro atoms. The number of imidazole rings is 1. The molecular weight excluding hydrogens is 226 g/mol. The maximum absolute atomic E-state index is 9.33. The van der Waals surface area contributed by atoms with Gasteiger partial charge in [0, 0.05) is 13.5 Å². The Morgan fingerprint density at radius 2 is 2.28 bits per heavy atom. The van der Waals surface area contributed by atoms with Crippen LogP contribution < -0.4 is 0 Å². The topological polar surface area (TPSA) is 50.8 Å². The van der Waals surface area contributed by atoms with Gasteiger partial charge >= 0.3 is 0 Å². The van der Waals surface area contributed by atoms with Crippen LogP contribution in [-0.4, -0.2) is 22.8 Å². The number of hydrogen-bond donors (Lipinski definition) is 0. The quantitative estimate of drug-likeness (QED) is 0.807. The summed E-state index contributed by atoms with van der Waals surface area (Å²) in [6.45, 7) is 3.08. The number of rotatable bonds is 2. The summed E-state index contributed by atoms with van der Waals surface area (Å²) in [7, 11) is 2.02. The van der Waals surface area contributed by atoms with Gasteiger partial charge in [0.15, 0.2) is 0 Å². The van der Waals surface area contributed by atoms with Gasteiger partial charge in [-0.25, -0.2) is 4.98 Å². The van der Waals surface area contributed by atoms with E-state index in [0.29, 0.717) is 13.2 Å². The number of ether oxygens (including phenoxy) is 1. The van der Waals surface area contributed by atoms with Gasteiger partial charge in [0.1, 0.15) is 11.2 Å². The SMILES string of the molecule is CCc1nc2ccc(C3(C#N)COC3)cc2n1C. The maximum Gasteiger partial charge on any atom is 0.129 e. The molecule has 1 fully saturated rings. The second-order valence-electron chi connectivity index (χ2n) is 4.83. The zero-order valence-electron chi connectivity index (χ0n) is 10.6. The second-order valence-corrected chi connectivity index (χ2v) is 4.83. The summed E-state index contributed by atoms with van der Waals surface area (Å²) in [5.74, 6) is 1.07. The molecule has 0 atom stereocenters. The van der Waals surface area contributed by atoms with E-state index in [1.54, 1.807) is 0 Å². The molecular formula is C14H15N3O. The average Bonchev–Trinajstić information content (AvgIpc) is 2.66. The van der Waals surface area contributed by atoms with E-state index in [9.17, 15) is 5.26 Å². The third kappa shape index (κ3) is 1.37. The van der Waals surface area contributed by atoms with E-state index in [2.05, 4.69) is 28.6 Å². The van der Waals surface area contributed by atoms with Crippen molar-refractivity contribution in [2.75, 3.05) is 13.2 Å². The van der Waals surface area contributed by atoms with E-state index in [1.807, 2.05) is 19.2 Å². The molecule has 0 unspecified atom stereocenters. The van der Waals surface area contributed by atoms with Gasteiger partial charge in [-0.3, -0.25) is 0 Å². The number of nitriles is 1. The Kier molecular flexibility index (Phi) is 2.39. The molecule has 2 aromatic rings. The Morgan fingerprint density at radius 1 is 1.50 bits per heavy atom. The number of aromatic nitrogens is 2. The summed E-state index contributed by atoms with van der Waals surface area (Å²) >= 11 is 0. The molecule has 1 aliphatic rings. The minimum atomic E-state index is -0.454. The van der Waals surface area contributed by atoms with E-state index in [0.717, 1.165) is 28.8 Å². The third-order valence-electron chi connectivity index (χ3n) is 3.75. The molecule has 0 saturated carbocycles. The molecule has 3 rings (SSSR count). The van der Waals surface area contributed by atoms with Crippen LogP contribution in [0.3, 0.4) is 0 Å². The van der Waals surface area contributed by atoms with E-state index in [4.69, 9.17) is 4.74 Å². The van der Waals surface area contributed by atoms with Crippen molar-refractivity contribution < 1.29 is 4.74 Å². The predicted octanol–water partition coefficient (Wildman–Crippen LogP) is 1.93. The molecule has 0 N–H and O–H groups in total. The van der Waals surface area contributed by atoms with Crippen LogP contribution in [0.2, 0.25) is 0 Å². The fraction of sp³-hybridized carbons (Fsp3) is 0.429. The number of nitrogens with zero attached hydrogens (tertiary/aromatic N) is 3. The molecule has 18 heavy (non-hydrogen) atoms. The lowest BCUT2D eigenvalue weighted by atomic mass is 9.80. The Hall–Kier alpha value is -1.86. The standard InChI is InChI=1S/C14H15N3O/c1-3-13-16-11-5-4-10(6-12(11)17(13)2)14(7-15)8-18-9-14/h4-6H,3,8-9H2,1-2H3. The van der Waals surface area contributed by atoms with Crippen LogP contribution in [0.15, 0.2) is 18.2 Å². The minimum Gasteiger partial charge on any atom is -0.377 e. The summed E-state index contributed by atoms with van der Waals surface area (Å²) in [6, 6.07) is 8.46. The first kappa shape index (κ1) is 11.2. The van der Waals surface area contributed by atoms with Crippen molar-refractivity contribution >= 4 is 11.0 Å². The maximum atomic E-state index is 9.33. The van der Waals surface area contributed by atoms with Crippen molar-refractivity contribution in [2.45, 2.75) is 18.8 Å². The van der Waals surface area contributed by atoms with Gasteiger partial charge in [-0.15, -0.1) is 0 Å². The Bertz CT molecular complexity index is 647. The lowest BCUT2D eigenvalue weighted by Crippen LogP contribution is -2.45. The zero-order valence-corrected chi connectivity index (χ0v) is 10.6. The number of fused-ring (bicyclic) bond motifs is 1. The highest BCUT2D eigenvalue weighted by atomic mass is 16.5. The van der Waals surface area contributed by atoms with Gasteiger partial charge in [0.25, 0.3) is 0 Å². The van der Waals surface area contributed by atoms with Gasteiger partial charge in [-0.05, 0) is 17.7 Å². The van der Waals surface area contributed by atoms with E-state index < -0.39 is 5.41 Å². The van der Waals surface area contributed by atoms with Crippen molar-refractivity contribution in [1.29, 1.82) is 5.26 Å². The summed E-state index contributed by atoms with van der Waals surface area (Å²) in [5, 5.41) is 9.33. The van der Waals surface area contributed by atoms with Crippen LogP contribution in [0.25, 0.3) is 11.0 Å². The largest absolute Gasteiger partial charge is 0.377 e. The zero-order chi connectivity index (χ0) is 12.8. The molecule has 4 nitrogen and oxygen atoms in total. The van der Waals surface area contributed by atoms with Crippen molar-refractivity contribution in [3.63, 3.8) is 0 Å². The number of aryl methyl sites for hydroxylation is 2. The predicted molar refractivity (Wildman–Crippen MR) is 68.2 cm³/mol. The van der Waals surface area contributed by atoms with Gasteiger partial charge in [-0.1, -0.05) is 13.0 Å². The van der Waals surface area contributed by atoms with Crippen molar-refractivity contribution in [3.05, 3.63) is 29.6 Å². The molecule has 0 bridgehead atoms. The smallest absolute Gasteiger partial charge is 0.129 e. The summed E-state index contributed by atoms with van der Waals surface area (Å²) in [4.78, 5) is 4.57. The van der Waals surface area contributed by atoms with Crippen LogP contribution in [-0.2, 0) is 23.6 Å². The fourth-order valence-corrected chi connectivity index (χ4v) is 2.46. The normalized spacial score (nSPS) is 17.4. The van der Waals surface area contributed by atoms with E-state index in [1.165, 1.54) is 0 Å².